The number of sulfonamides is 1. The molecule has 0 spiro atoms. The number of ether oxygens (including phenoxy) is 1. The van der Waals surface area contributed by atoms with E-state index in [1.165, 1.54) is 34.0 Å². The number of carbonyl (C=O) groups is 1. The first-order valence-corrected chi connectivity index (χ1v) is 11.4. The average molecular weight is 420 g/mol. The fourth-order valence-corrected chi connectivity index (χ4v) is 4.71. The van der Waals surface area contributed by atoms with Crippen LogP contribution in [0.5, 0.6) is 0 Å². The molecule has 0 unspecified atom stereocenters. The average Bonchev–Trinajstić information content (AvgIpc) is 3.41. The lowest BCUT2D eigenvalue weighted by atomic mass is 10.2. The predicted octanol–water partition coefficient (Wildman–Crippen LogP) is 3.23. The summed E-state index contributed by atoms with van der Waals surface area (Å²) in [4.78, 5) is 12.9. The lowest BCUT2D eigenvalue weighted by Crippen LogP contribution is -2.30. The van der Waals surface area contributed by atoms with Crippen molar-refractivity contribution in [3.63, 3.8) is 0 Å². The Hall–Kier alpha value is -2.16. The molecule has 158 valence electrons. The molecule has 1 amide bonds. The lowest BCUT2D eigenvalue weighted by Gasteiger charge is -2.17. The number of hydrogen-bond donors (Lipinski definition) is 1. The first-order chi connectivity index (χ1) is 13.8. The number of carbonyl (C=O) groups excluding carboxylic acids is 1. The molecule has 2 aromatic rings. The van der Waals surface area contributed by atoms with Gasteiger partial charge in [0.2, 0.25) is 10.0 Å². The number of aryl methyl sites for hydroxylation is 1. The van der Waals surface area contributed by atoms with E-state index in [0.29, 0.717) is 31.3 Å². The second-order valence-corrected chi connectivity index (χ2v) is 9.31. The van der Waals surface area contributed by atoms with Crippen LogP contribution in [-0.2, 0) is 28.4 Å². The first kappa shape index (κ1) is 21.5. The molecular formula is C21H29N3O4S. The number of hydrogen-bond acceptors (Lipinski definition) is 4. The summed E-state index contributed by atoms with van der Waals surface area (Å²) in [5.74, 6) is 0.349. The van der Waals surface area contributed by atoms with E-state index >= 15 is 0 Å². The monoisotopic (exact) mass is 419 g/mol. The molecule has 1 aliphatic carbocycles. The minimum Gasteiger partial charge on any atom is -0.376 e. The Kier molecular flexibility index (Phi) is 6.77. The highest BCUT2D eigenvalue weighted by Crippen LogP contribution is 2.29. The summed E-state index contributed by atoms with van der Waals surface area (Å²) in [6.45, 7) is 5.63. The van der Waals surface area contributed by atoms with Gasteiger partial charge >= 0.3 is 0 Å². The second kappa shape index (κ2) is 9.11. The van der Waals surface area contributed by atoms with Gasteiger partial charge in [-0.05, 0) is 42.5 Å². The van der Waals surface area contributed by atoms with Crippen molar-refractivity contribution >= 4 is 21.6 Å². The molecule has 1 aliphatic rings. The molecule has 0 saturated heterocycles. The smallest absolute Gasteiger partial charge is 0.272 e. The third-order valence-corrected chi connectivity index (χ3v) is 7.07. The quantitative estimate of drug-likeness (QED) is 0.641. The minimum absolute atomic E-state index is 0.121. The summed E-state index contributed by atoms with van der Waals surface area (Å²) >= 11 is 0. The highest BCUT2D eigenvalue weighted by atomic mass is 32.2. The van der Waals surface area contributed by atoms with Gasteiger partial charge in [-0.1, -0.05) is 26.0 Å². The van der Waals surface area contributed by atoms with Crippen LogP contribution in [0.15, 0.2) is 41.4 Å². The maximum absolute atomic E-state index is 12.7. The van der Waals surface area contributed by atoms with Gasteiger partial charge in [0.05, 0.1) is 6.61 Å². The molecule has 1 saturated carbocycles. The van der Waals surface area contributed by atoms with Crippen molar-refractivity contribution in [2.24, 2.45) is 13.0 Å². The molecule has 0 atom stereocenters. The summed E-state index contributed by atoms with van der Waals surface area (Å²) in [5.41, 5.74) is 1.92. The predicted molar refractivity (Wildman–Crippen MR) is 112 cm³/mol. The molecule has 7 nitrogen and oxygen atoms in total. The zero-order valence-corrected chi connectivity index (χ0v) is 18.0. The number of nitrogens with one attached hydrogen (secondary N) is 1. The van der Waals surface area contributed by atoms with Gasteiger partial charge in [-0.25, -0.2) is 8.42 Å². The van der Waals surface area contributed by atoms with Crippen LogP contribution >= 0.6 is 0 Å². The molecule has 1 aromatic heterocycles. The summed E-state index contributed by atoms with van der Waals surface area (Å²) in [6, 6.07) is 8.93. The van der Waals surface area contributed by atoms with E-state index in [1.54, 1.807) is 27.0 Å². The summed E-state index contributed by atoms with van der Waals surface area (Å²) in [7, 11) is -1.95. The van der Waals surface area contributed by atoms with Crippen molar-refractivity contribution in [3.8, 4) is 0 Å². The highest BCUT2D eigenvalue weighted by molar-refractivity contribution is 7.89. The molecule has 1 heterocycles. The summed E-state index contributed by atoms with van der Waals surface area (Å²) < 4.78 is 34.0. The van der Waals surface area contributed by atoms with Crippen LogP contribution in [-0.4, -0.2) is 42.9 Å². The van der Waals surface area contributed by atoms with E-state index < -0.39 is 10.0 Å². The van der Waals surface area contributed by atoms with Crippen LogP contribution < -0.4 is 5.32 Å². The third kappa shape index (κ3) is 5.26. The fourth-order valence-electron chi connectivity index (χ4n) is 3.18. The molecule has 8 heteroatoms. The van der Waals surface area contributed by atoms with Crippen LogP contribution in [0.1, 0.15) is 42.7 Å². The van der Waals surface area contributed by atoms with Crippen molar-refractivity contribution in [2.75, 3.05) is 25.0 Å². The lowest BCUT2D eigenvalue weighted by molar-refractivity contribution is 0.101. The zero-order valence-electron chi connectivity index (χ0n) is 17.2. The number of aromatic nitrogens is 1. The van der Waals surface area contributed by atoms with Gasteiger partial charge in [0, 0.05) is 38.6 Å². The van der Waals surface area contributed by atoms with E-state index in [0.717, 1.165) is 12.2 Å². The molecule has 1 fully saturated rings. The van der Waals surface area contributed by atoms with E-state index in [2.05, 4.69) is 5.32 Å². The summed E-state index contributed by atoms with van der Waals surface area (Å²) in [6.07, 6.45) is 3.97. The Balaban J connectivity index is 1.70. The zero-order chi connectivity index (χ0) is 21.0. The van der Waals surface area contributed by atoms with Crippen LogP contribution in [0.3, 0.4) is 0 Å². The van der Waals surface area contributed by atoms with E-state index in [1.807, 2.05) is 18.2 Å². The summed E-state index contributed by atoms with van der Waals surface area (Å²) in [5, 5.41) is 2.85. The van der Waals surface area contributed by atoms with Gasteiger partial charge in [-0.2, -0.15) is 4.31 Å². The number of benzene rings is 1. The molecule has 1 aromatic carbocycles. The molecule has 3 rings (SSSR count). The standard InChI is InChI=1S/C21H29N3O4S/c1-4-24(5-2)29(26,27)19-12-20(23(3)13-19)21(25)22-18-8-6-7-17(11-18)15-28-14-16-9-10-16/h6-8,11-13,16H,4-5,9-10,14-15H2,1-3H3,(H,22,25). The molecule has 0 aliphatic heterocycles. The van der Waals surface area contributed by atoms with E-state index in [9.17, 15) is 13.2 Å². The van der Waals surface area contributed by atoms with Crippen molar-refractivity contribution in [2.45, 2.75) is 38.2 Å². The number of amides is 1. The Bertz CT molecular complexity index is 960. The van der Waals surface area contributed by atoms with Gasteiger partial charge < -0.3 is 14.6 Å². The molecular weight excluding hydrogens is 390 g/mol. The van der Waals surface area contributed by atoms with E-state index in [-0.39, 0.29) is 16.5 Å². The van der Waals surface area contributed by atoms with Crippen molar-refractivity contribution in [1.82, 2.24) is 8.87 Å². The van der Waals surface area contributed by atoms with Crippen LogP contribution in [0.25, 0.3) is 0 Å². The number of rotatable bonds is 10. The molecule has 0 radical (unpaired) electrons. The fraction of sp³-hybridized carbons (Fsp3) is 0.476. The first-order valence-electron chi connectivity index (χ1n) is 9.99. The minimum atomic E-state index is -3.61. The highest BCUT2D eigenvalue weighted by Gasteiger charge is 2.25. The molecule has 29 heavy (non-hydrogen) atoms. The maximum Gasteiger partial charge on any atom is 0.272 e. The van der Waals surface area contributed by atoms with Crippen LogP contribution in [0.2, 0.25) is 0 Å². The molecule has 1 N–H and O–H groups in total. The van der Waals surface area contributed by atoms with Crippen molar-refractivity contribution < 1.29 is 17.9 Å². The number of anilines is 1. The van der Waals surface area contributed by atoms with Gasteiger partial charge in [-0.3, -0.25) is 4.79 Å². The van der Waals surface area contributed by atoms with Gasteiger partial charge in [-0.15, -0.1) is 0 Å². The SMILES string of the molecule is CCN(CC)S(=O)(=O)c1cc(C(=O)Nc2cccc(COCC3CC3)c2)n(C)c1. The van der Waals surface area contributed by atoms with Gasteiger partial charge in [0.15, 0.2) is 0 Å². The number of nitrogens with zero attached hydrogens (tertiary/aromatic N) is 2. The van der Waals surface area contributed by atoms with Gasteiger partial charge in [0.25, 0.3) is 5.91 Å². The van der Waals surface area contributed by atoms with E-state index in [4.69, 9.17) is 4.74 Å². The Morgan fingerprint density at radius 3 is 2.62 bits per heavy atom. The Labute approximate surface area is 172 Å². The normalized spacial score (nSPS) is 14.3. The third-order valence-electron chi connectivity index (χ3n) is 5.06. The largest absolute Gasteiger partial charge is 0.376 e. The van der Waals surface area contributed by atoms with Crippen molar-refractivity contribution in [3.05, 3.63) is 47.8 Å². The second-order valence-electron chi connectivity index (χ2n) is 7.37. The Morgan fingerprint density at radius 1 is 1.24 bits per heavy atom. The van der Waals surface area contributed by atoms with Crippen LogP contribution in [0.4, 0.5) is 5.69 Å². The van der Waals surface area contributed by atoms with Crippen molar-refractivity contribution in [1.29, 1.82) is 0 Å². The molecule has 0 bridgehead atoms. The topological polar surface area (TPSA) is 80.6 Å². The van der Waals surface area contributed by atoms with Crippen LogP contribution in [0, 0.1) is 5.92 Å². The maximum atomic E-state index is 12.7. The Morgan fingerprint density at radius 2 is 1.97 bits per heavy atom. The van der Waals surface area contributed by atoms with Gasteiger partial charge in [0.1, 0.15) is 10.6 Å².